The average Bonchev–Trinajstić information content (AvgIpc) is 2.72. The van der Waals surface area contributed by atoms with E-state index in [1.54, 1.807) is 0 Å². The minimum absolute atomic E-state index is 0.433. The molecule has 1 aromatic carbocycles. The number of hydrogen-bond acceptors (Lipinski definition) is 1. The highest BCUT2D eigenvalue weighted by Gasteiger charge is 2.07. The molecule has 0 fully saturated rings. The Bertz CT molecular complexity index is 366. The maximum absolute atomic E-state index is 3.71. The van der Waals surface area contributed by atoms with E-state index in [2.05, 4.69) is 57.7 Å². The van der Waals surface area contributed by atoms with Gasteiger partial charge >= 0.3 is 0 Å². The molecule has 0 spiro atoms. The molecule has 1 heterocycles. The van der Waals surface area contributed by atoms with Gasteiger partial charge in [0.05, 0.1) is 0 Å². The van der Waals surface area contributed by atoms with Crippen LogP contribution in [0.25, 0.3) is 0 Å². The molecule has 0 N–H and O–H groups in total. The average molecular weight is 267 g/mol. The first-order valence-corrected chi connectivity index (χ1v) is 6.37. The van der Waals surface area contributed by atoms with E-state index in [4.69, 9.17) is 0 Å². The second-order valence-electron chi connectivity index (χ2n) is 3.16. The topological polar surface area (TPSA) is 0 Å². The van der Waals surface area contributed by atoms with Crippen LogP contribution in [0, 0.1) is 0 Å². The monoisotopic (exact) mass is 266 g/mol. The van der Waals surface area contributed by atoms with Crippen LogP contribution in [-0.4, -0.2) is 0 Å². The number of hydrogen-bond donors (Lipinski definition) is 0. The molecule has 0 amide bonds. The number of halogens is 1. The Morgan fingerprint density at radius 1 is 1.07 bits per heavy atom. The van der Waals surface area contributed by atoms with Crippen molar-refractivity contribution in [2.75, 3.05) is 0 Å². The third-order valence-electron chi connectivity index (χ3n) is 2.12. The number of rotatable bonds is 3. The first kappa shape index (κ1) is 9.94. The summed E-state index contributed by atoms with van der Waals surface area (Å²) in [6.07, 6.45) is 1.07. The summed E-state index contributed by atoms with van der Waals surface area (Å²) in [6, 6.07) is 14.8. The molecule has 0 aliphatic rings. The zero-order chi connectivity index (χ0) is 9.80. The van der Waals surface area contributed by atoms with Gasteiger partial charge in [-0.25, -0.2) is 0 Å². The van der Waals surface area contributed by atoms with Crippen LogP contribution in [0.15, 0.2) is 47.8 Å². The zero-order valence-electron chi connectivity index (χ0n) is 7.69. The minimum atomic E-state index is 0.433. The molecule has 2 aromatic rings. The minimum Gasteiger partial charge on any atom is -0.149 e. The van der Waals surface area contributed by atoms with E-state index in [1.807, 2.05) is 17.4 Å². The highest BCUT2D eigenvalue weighted by molar-refractivity contribution is 9.09. The van der Waals surface area contributed by atoms with Gasteiger partial charge in [0.2, 0.25) is 0 Å². The summed E-state index contributed by atoms with van der Waals surface area (Å²) in [5, 5.41) is 2.13. The predicted molar refractivity (Wildman–Crippen MR) is 66.1 cm³/mol. The van der Waals surface area contributed by atoms with Crippen molar-refractivity contribution in [3.8, 4) is 0 Å². The third kappa shape index (κ3) is 2.46. The molecule has 1 unspecified atom stereocenters. The fourth-order valence-corrected chi connectivity index (χ4v) is 3.01. The quantitative estimate of drug-likeness (QED) is 0.722. The van der Waals surface area contributed by atoms with Crippen molar-refractivity contribution in [3.63, 3.8) is 0 Å². The number of thiophene rings is 1. The Kier molecular flexibility index (Phi) is 3.38. The van der Waals surface area contributed by atoms with E-state index < -0.39 is 0 Å². The molecular formula is C12H11BrS. The van der Waals surface area contributed by atoms with Crippen molar-refractivity contribution in [1.29, 1.82) is 0 Å². The lowest BCUT2D eigenvalue weighted by Gasteiger charge is -2.07. The van der Waals surface area contributed by atoms with Gasteiger partial charge in [0, 0.05) is 9.70 Å². The fourth-order valence-electron chi connectivity index (χ4n) is 1.39. The molecule has 0 saturated carbocycles. The van der Waals surface area contributed by atoms with Gasteiger partial charge in [0.15, 0.2) is 0 Å². The van der Waals surface area contributed by atoms with Crippen molar-refractivity contribution in [2.24, 2.45) is 0 Å². The molecule has 0 bridgehead atoms. The van der Waals surface area contributed by atoms with E-state index in [0.29, 0.717) is 4.83 Å². The smallest absolute Gasteiger partial charge is 0.0443 e. The predicted octanol–water partition coefficient (Wildman–Crippen LogP) is 4.43. The fraction of sp³-hybridized carbons (Fsp3) is 0.167. The maximum Gasteiger partial charge on any atom is 0.0443 e. The molecule has 0 aliphatic heterocycles. The first-order valence-electron chi connectivity index (χ1n) is 4.57. The van der Waals surface area contributed by atoms with E-state index >= 15 is 0 Å². The molecule has 0 nitrogen and oxygen atoms in total. The molecule has 0 radical (unpaired) electrons. The van der Waals surface area contributed by atoms with Crippen LogP contribution in [0.4, 0.5) is 0 Å². The van der Waals surface area contributed by atoms with Crippen LogP contribution >= 0.6 is 27.3 Å². The largest absolute Gasteiger partial charge is 0.149 e. The molecule has 1 atom stereocenters. The van der Waals surface area contributed by atoms with Gasteiger partial charge in [0.1, 0.15) is 0 Å². The summed E-state index contributed by atoms with van der Waals surface area (Å²) in [4.78, 5) is 1.86. The second-order valence-corrected chi connectivity index (χ2v) is 5.30. The van der Waals surface area contributed by atoms with Crippen molar-refractivity contribution in [1.82, 2.24) is 0 Å². The van der Waals surface area contributed by atoms with Crippen LogP contribution in [0.1, 0.15) is 15.3 Å². The summed E-state index contributed by atoms with van der Waals surface area (Å²) in [5.41, 5.74) is 1.35. The summed E-state index contributed by atoms with van der Waals surface area (Å²) in [5.74, 6) is 0. The van der Waals surface area contributed by atoms with E-state index in [0.717, 1.165) is 6.42 Å². The molecular weight excluding hydrogens is 256 g/mol. The van der Waals surface area contributed by atoms with Gasteiger partial charge in [-0.1, -0.05) is 52.3 Å². The Balaban J connectivity index is 2.07. The summed E-state index contributed by atoms with van der Waals surface area (Å²) in [6.45, 7) is 0. The van der Waals surface area contributed by atoms with Crippen LogP contribution < -0.4 is 0 Å². The highest BCUT2D eigenvalue weighted by Crippen LogP contribution is 2.28. The van der Waals surface area contributed by atoms with Gasteiger partial charge in [-0.15, -0.1) is 11.3 Å². The lowest BCUT2D eigenvalue weighted by atomic mass is 10.1. The normalized spacial score (nSPS) is 12.6. The van der Waals surface area contributed by atoms with Crippen molar-refractivity contribution >= 4 is 27.3 Å². The zero-order valence-corrected chi connectivity index (χ0v) is 10.1. The first-order chi connectivity index (χ1) is 6.86. The number of benzene rings is 1. The van der Waals surface area contributed by atoms with Crippen molar-refractivity contribution in [2.45, 2.75) is 11.2 Å². The van der Waals surface area contributed by atoms with Gasteiger partial charge in [-0.3, -0.25) is 0 Å². The van der Waals surface area contributed by atoms with Crippen molar-refractivity contribution in [3.05, 3.63) is 58.3 Å². The third-order valence-corrected chi connectivity index (χ3v) is 3.87. The van der Waals surface area contributed by atoms with Crippen LogP contribution in [0.5, 0.6) is 0 Å². The standard InChI is InChI=1S/C12H11BrS/c13-12(9-11-7-4-8-14-11)10-5-2-1-3-6-10/h1-8,12H,9H2. The Labute approximate surface area is 96.7 Å². The molecule has 2 heteroatoms. The summed E-state index contributed by atoms with van der Waals surface area (Å²) >= 11 is 5.53. The van der Waals surface area contributed by atoms with Gasteiger partial charge in [-0.05, 0) is 23.4 Å². The second kappa shape index (κ2) is 4.76. The lowest BCUT2D eigenvalue weighted by Crippen LogP contribution is -1.92. The summed E-state index contributed by atoms with van der Waals surface area (Å²) < 4.78 is 0. The number of alkyl halides is 1. The van der Waals surface area contributed by atoms with Gasteiger partial charge in [-0.2, -0.15) is 0 Å². The molecule has 72 valence electrons. The van der Waals surface area contributed by atoms with Crippen molar-refractivity contribution < 1.29 is 0 Å². The van der Waals surface area contributed by atoms with Gasteiger partial charge < -0.3 is 0 Å². The summed E-state index contributed by atoms with van der Waals surface area (Å²) in [7, 11) is 0. The van der Waals surface area contributed by atoms with Crippen LogP contribution in [-0.2, 0) is 6.42 Å². The molecule has 14 heavy (non-hydrogen) atoms. The molecule has 1 aromatic heterocycles. The molecule has 0 saturated heterocycles. The molecule has 0 aliphatic carbocycles. The van der Waals surface area contributed by atoms with E-state index in [9.17, 15) is 0 Å². The Morgan fingerprint density at radius 3 is 2.50 bits per heavy atom. The Hall–Kier alpha value is -0.600. The van der Waals surface area contributed by atoms with E-state index in [-0.39, 0.29) is 0 Å². The van der Waals surface area contributed by atoms with Crippen LogP contribution in [0.2, 0.25) is 0 Å². The molecule has 2 rings (SSSR count). The SMILES string of the molecule is BrC(Cc1cccs1)c1ccccc1. The highest BCUT2D eigenvalue weighted by atomic mass is 79.9. The maximum atomic E-state index is 3.71. The Morgan fingerprint density at radius 2 is 1.86 bits per heavy atom. The lowest BCUT2D eigenvalue weighted by molar-refractivity contribution is 0.969. The van der Waals surface area contributed by atoms with Crippen LogP contribution in [0.3, 0.4) is 0 Å². The van der Waals surface area contributed by atoms with Gasteiger partial charge in [0.25, 0.3) is 0 Å². The van der Waals surface area contributed by atoms with E-state index in [1.165, 1.54) is 10.4 Å².